The molecule has 0 aliphatic rings. The number of aromatic amines is 1. The van der Waals surface area contributed by atoms with E-state index in [9.17, 15) is 29.4 Å². The van der Waals surface area contributed by atoms with Crippen molar-refractivity contribution in [2.45, 2.75) is 19.4 Å². The van der Waals surface area contributed by atoms with Gasteiger partial charge in [0.2, 0.25) is 5.78 Å². The first-order valence-corrected chi connectivity index (χ1v) is 9.05. The van der Waals surface area contributed by atoms with E-state index >= 15 is 0 Å². The third-order valence-electron chi connectivity index (χ3n) is 4.52. The van der Waals surface area contributed by atoms with Gasteiger partial charge in [0.15, 0.2) is 0 Å². The Morgan fingerprint density at radius 3 is 2.27 bits per heavy atom. The third-order valence-corrected chi connectivity index (χ3v) is 4.75. The smallest absolute Gasteiger partial charge is 0.365 e. The predicted molar refractivity (Wildman–Crippen MR) is 107 cm³/mol. The van der Waals surface area contributed by atoms with E-state index in [0.717, 1.165) is 12.5 Å². The van der Waals surface area contributed by atoms with Gasteiger partial charge in [-0.15, -0.1) is 0 Å². The molecule has 0 atom stereocenters. The van der Waals surface area contributed by atoms with Gasteiger partial charge in [-0.05, 0) is 25.1 Å². The van der Waals surface area contributed by atoms with Crippen LogP contribution in [0.5, 0.6) is 0 Å². The van der Waals surface area contributed by atoms with Crippen molar-refractivity contribution in [2.75, 3.05) is 0 Å². The second kappa shape index (κ2) is 7.64. The third kappa shape index (κ3) is 3.42. The highest BCUT2D eigenvalue weighted by Gasteiger charge is 2.56. The molecule has 30 heavy (non-hydrogen) atoms. The normalized spacial score (nSPS) is 11.3. The minimum atomic E-state index is -3.15. The molecular formula is C21H16ClNO7. The van der Waals surface area contributed by atoms with Crippen LogP contribution in [0.25, 0.3) is 10.9 Å². The van der Waals surface area contributed by atoms with Crippen LogP contribution in [0, 0.1) is 6.92 Å². The lowest BCUT2D eigenvalue weighted by Gasteiger charge is -2.25. The van der Waals surface area contributed by atoms with Gasteiger partial charge in [0, 0.05) is 28.4 Å². The Balaban J connectivity index is 2.43. The van der Waals surface area contributed by atoms with Crippen LogP contribution in [-0.4, -0.2) is 38.9 Å². The maximum atomic E-state index is 13.3. The van der Waals surface area contributed by atoms with Crippen LogP contribution in [-0.2, 0) is 24.7 Å². The lowest BCUT2D eigenvalue weighted by Crippen LogP contribution is -2.48. The van der Waals surface area contributed by atoms with Crippen LogP contribution in [0.1, 0.15) is 34.1 Å². The van der Waals surface area contributed by atoms with Crippen molar-refractivity contribution in [3.05, 3.63) is 69.9 Å². The Labute approximate surface area is 175 Å². The van der Waals surface area contributed by atoms with Gasteiger partial charge >= 0.3 is 23.5 Å². The Hall–Kier alpha value is -3.65. The molecule has 154 valence electrons. The number of halogens is 1. The minimum absolute atomic E-state index is 0.0708. The van der Waals surface area contributed by atoms with Crippen molar-refractivity contribution in [3.63, 3.8) is 0 Å². The van der Waals surface area contributed by atoms with Crippen molar-refractivity contribution in [3.8, 4) is 0 Å². The number of rotatable bonds is 6. The quantitative estimate of drug-likeness (QED) is 0.311. The molecule has 0 aliphatic carbocycles. The van der Waals surface area contributed by atoms with Gasteiger partial charge < -0.3 is 19.9 Å². The number of carbonyl (C=O) groups excluding carboxylic acids is 2. The summed E-state index contributed by atoms with van der Waals surface area (Å²) in [6.45, 7) is 2.65. The second-order valence-corrected chi connectivity index (χ2v) is 7.09. The fraction of sp³-hybridized carbons (Fsp3) is 0.143. The second-order valence-electron chi connectivity index (χ2n) is 6.65. The summed E-state index contributed by atoms with van der Waals surface area (Å²) in [5.74, 6) is -5.73. The van der Waals surface area contributed by atoms with E-state index in [1.54, 1.807) is 25.1 Å². The Bertz CT molecular complexity index is 1200. The molecule has 3 rings (SSSR count). The zero-order chi connectivity index (χ0) is 22.2. The van der Waals surface area contributed by atoms with Crippen molar-refractivity contribution < 1.29 is 34.1 Å². The number of aryl methyl sites for hydroxylation is 1. The number of esters is 1. The maximum absolute atomic E-state index is 13.3. The highest BCUT2D eigenvalue weighted by Crippen LogP contribution is 2.38. The average molecular weight is 430 g/mol. The largest absolute Gasteiger partial charge is 0.478 e. The number of ether oxygens (including phenoxy) is 1. The van der Waals surface area contributed by atoms with Gasteiger partial charge in [-0.3, -0.25) is 9.59 Å². The number of carboxylic acid groups (broad SMARTS) is 2. The molecule has 0 fully saturated rings. The number of aromatic nitrogens is 1. The standard InChI is InChI=1S/C21H16ClNO7/c1-10-4-3-5-12(8-10)18(25)17-16(14-7-6-13(22)9-15(14)23-17)21(19(26)27,20(28)29)30-11(2)24/h3-9,23H,1-2H3,(H,26,27)(H,28,29). The number of ketones is 1. The van der Waals surface area contributed by atoms with E-state index in [4.69, 9.17) is 16.3 Å². The van der Waals surface area contributed by atoms with Crippen LogP contribution in [0.4, 0.5) is 0 Å². The summed E-state index contributed by atoms with van der Waals surface area (Å²) in [6.07, 6.45) is 0. The van der Waals surface area contributed by atoms with E-state index in [-0.39, 0.29) is 27.2 Å². The predicted octanol–water partition coefficient (Wildman–Crippen LogP) is 3.29. The number of fused-ring (bicyclic) bond motifs is 1. The van der Waals surface area contributed by atoms with Crippen molar-refractivity contribution in [1.29, 1.82) is 0 Å². The summed E-state index contributed by atoms with van der Waals surface area (Å²) in [7, 11) is 0. The van der Waals surface area contributed by atoms with Gasteiger partial charge in [-0.1, -0.05) is 41.4 Å². The van der Waals surface area contributed by atoms with Crippen LogP contribution in [0.2, 0.25) is 5.02 Å². The van der Waals surface area contributed by atoms with E-state index in [1.807, 2.05) is 0 Å². The number of benzene rings is 2. The lowest BCUT2D eigenvalue weighted by atomic mass is 9.88. The van der Waals surface area contributed by atoms with Crippen LogP contribution >= 0.6 is 11.6 Å². The fourth-order valence-corrected chi connectivity index (χ4v) is 3.47. The first-order valence-electron chi connectivity index (χ1n) is 8.67. The maximum Gasteiger partial charge on any atom is 0.365 e. The van der Waals surface area contributed by atoms with Crippen molar-refractivity contribution in [1.82, 2.24) is 4.98 Å². The summed E-state index contributed by atoms with van der Waals surface area (Å²) in [5, 5.41) is 20.0. The molecule has 3 aromatic rings. The fourth-order valence-electron chi connectivity index (χ4n) is 3.30. The van der Waals surface area contributed by atoms with E-state index < -0.39 is 34.9 Å². The van der Waals surface area contributed by atoms with Gasteiger partial charge in [0.1, 0.15) is 0 Å². The molecule has 0 radical (unpaired) electrons. The van der Waals surface area contributed by atoms with Gasteiger partial charge in [-0.25, -0.2) is 9.59 Å². The first kappa shape index (κ1) is 21.1. The number of hydrogen-bond acceptors (Lipinski definition) is 5. The summed E-state index contributed by atoms with van der Waals surface area (Å²) < 4.78 is 4.85. The molecule has 0 spiro atoms. The summed E-state index contributed by atoms with van der Waals surface area (Å²) in [5.41, 5.74) is -2.79. The Kier molecular flexibility index (Phi) is 5.37. The molecule has 0 amide bonds. The zero-order valence-corrected chi connectivity index (χ0v) is 16.6. The molecule has 0 saturated heterocycles. The van der Waals surface area contributed by atoms with E-state index in [2.05, 4.69) is 4.98 Å². The molecule has 0 aliphatic heterocycles. The summed E-state index contributed by atoms with van der Waals surface area (Å²) >= 11 is 6.00. The molecule has 3 N–H and O–H groups in total. The number of H-pyrrole nitrogens is 1. The zero-order valence-electron chi connectivity index (χ0n) is 15.9. The van der Waals surface area contributed by atoms with E-state index in [1.165, 1.54) is 24.3 Å². The molecule has 1 heterocycles. The van der Waals surface area contributed by atoms with Gasteiger partial charge in [-0.2, -0.15) is 0 Å². The monoisotopic (exact) mass is 429 g/mol. The highest BCUT2D eigenvalue weighted by molar-refractivity contribution is 6.31. The number of aliphatic carboxylic acids is 2. The number of hydrogen-bond donors (Lipinski definition) is 3. The van der Waals surface area contributed by atoms with Crippen LogP contribution in [0.15, 0.2) is 42.5 Å². The SMILES string of the molecule is CC(=O)OC(C(=O)O)(C(=O)O)c1c(C(=O)c2cccc(C)c2)[nH]c2cc(Cl)ccc12. The molecule has 2 aromatic carbocycles. The number of nitrogens with one attached hydrogen (secondary N) is 1. The number of carbonyl (C=O) groups is 4. The molecule has 0 unspecified atom stereocenters. The molecule has 0 bridgehead atoms. The molecule has 8 nitrogen and oxygen atoms in total. The average Bonchev–Trinajstić information content (AvgIpc) is 3.03. The lowest BCUT2D eigenvalue weighted by molar-refractivity contribution is -0.191. The molecule has 9 heteroatoms. The highest BCUT2D eigenvalue weighted by atomic mass is 35.5. The summed E-state index contributed by atoms with van der Waals surface area (Å²) in [4.78, 5) is 52.0. The minimum Gasteiger partial charge on any atom is -0.478 e. The van der Waals surface area contributed by atoms with Gasteiger partial charge in [0.25, 0.3) is 0 Å². The molecular weight excluding hydrogens is 414 g/mol. The van der Waals surface area contributed by atoms with Gasteiger partial charge in [0.05, 0.1) is 11.3 Å². The summed E-state index contributed by atoms with van der Waals surface area (Å²) in [6, 6.07) is 10.7. The molecule has 0 saturated carbocycles. The van der Waals surface area contributed by atoms with E-state index in [0.29, 0.717) is 0 Å². The Morgan fingerprint density at radius 1 is 1.03 bits per heavy atom. The van der Waals surface area contributed by atoms with Crippen molar-refractivity contribution in [2.24, 2.45) is 0 Å². The topological polar surface area (TPSA) is 134 Å². The Morgan fingerprint density at radius 2 is 1.70 bits per heavy atom. The van der Waals surface area contributed by atoms with Crippen LogP contribution in [0.3, 0.4) is 0 Å². The van der Waals surface area contributed by atoms with Crippen LogP contribution < -0.4 is 0 Å². The van der Waals surface area contributed by atoms with Crippen molar-refractivity contribution >= 4 is 46.2 Å². The first-order chi connectivity index (χ1) is 14.1. The number of carboxylic acids is 2. The molecule has 1 aromatic heterocycles.